The number of hydrogen-bond donors (Lipinski definition) is 2. The lowest BCUT2D eigenvalue weighted by Crippen LogP contribution is -2.15. The van der Waals surface area contributed by atoms with Crippen LogP contribution in [0.3, 0.4) is 0 Å². The molecule has 1 heterocycles. The van der Waals surface area contributed by atoms with Crippen LogP contribution in [0.15, 0.2) is 48.7 Å². The van der Waals surface area contributed by atoms with Crippen molar-refractivity contribution in [2.75, 3.05) is 11.1 Å². The second-order valence-corrected chi connectivity index (χ2v) is 4.74. The van der Waals surface area contributed by atoms with E-state index < -0.39 is 0 Å². The van der Waals surface area contributed by atoms with Gasteiger partial charge in [0.05, 0.1) is 11.9 Å². The maximum absolute atomic E-state index is 12.1. The number of nitrogens with zero attached hydrogens (tertiary/aromatic N) is 1. The van der Waals surface area contributed by atoms with Crippen LogP contribution in [0.1, 0.15) is 31.2 Å². The second kappa shape index (κ2) is 6.70. The maximum Gasteiger partial charge on any atom is 0.225 e. The van der Waals surface area contributed by atoms with E-state index in [-0.39, 0.29) is 11.8 Å². The average Bonchev–Trinajstić information content (AvgIpc) is 2.48. The third kappa shape index (κ3) is 3.82. The minimum atomic E-state index is -0.00715. The lowest BCUT2D eigenvalue weighted by Gasteiger charge is -2.15. The minimum absolute atomic E-state index is 0.00715. The first-order valence-corrected chi connectivity index (χ1v) is 6.75. The van der Waals surface area contributed by atoms with Crippen molar-refractivity contribution in [3.8, 4) is 0 Å². The van der Waals surface area contributed by atoms with Crippen molar-refractivity contribution in [2.45, 2.75) is 25.7 Å². The molecule has 0 aliphatic rings. The summed E-state index contributed by atoms with van der Waals surface area (Å²) in [5.74, 6) is 0.670. The van der Waals surface area contributed by atoms with E-state index in [0.29, 0.717) is 17.9 Å². The number of carbonyl (C=O) groups is 1. The van der Waals surface area contributed by atoms with Crippen molar-refractivity contribution in [1.82, 2.24) is 4.98 Å². The van der Waals surface area contributed by atoms with E-state index in [4.69, 9.17) is 5.73 Å². The van der Waals surface area contributed by atoms with Crippen LogP contribution in [0.25, 0.3) is 0 Å². The first kappa shape index (κ1) is 14.1. The van der Waals surface area contributed by atoms with E-state index in [1.807, 2.05) is 18.2 Å². The lowest BCUT2D eigenvalue weighted by atomic mass is 9.93. The molecule has 0 aliphatic heterocycles. The van der Waals surface area contributed by atoms with Crippen molar-refractivity contribution in [1.29, 1.82) is 0 Å². The smallest absolute Gasteiger partial charge is 0.225 e. The molecule has 20 heavy (non-hydrogen) atoms. The zero-order valence-corrected chi connectivity index (χ0v) is 11.5. The van der Waals surface area contributed by atoms with Crippen LogP contribution < -0.4 is 11.1 Å². The van der Waals surface area contributed by atoms with Gasteiger partial charge in [0.25, 0.3) is 0 Å². The van der Waals surface area contributed by atoms with E-state index in [1.54, 1.807) is 18.3 Å². The monoisotopic (exact) mass is 269 g/mol. The number of aromatic nitrogens is 1. The van der Waals surface area contributed by atoms with Crippen LogP contribution in [0.4, 0.5) is 11.5 Å². The molecule has 1 aromatic carbocycles. The Morgan fingerprint density at radius 3 is 2.60 bits per heavy atom. The maximum atomic E-state index is 12.1. The number of carbonyl (C=O) groups excluding carboxylic acids is 1. The summed E-state index contributed by atoms with van der Waals surface area (Å²) in [6.07, 6.45) is 2.96. The molecular formula is C16H19N3O. The van der Waals surface area contributed by atoms with Crippen LogP contribution in [0, 0.1) is 0 Å². The Morgan fingerprint density at radius 2 is 2.00 bits per heavy atom. The van der Waals surface area contributed by atoms with Crippen LogP contribution >= 0.6 is 0 Å². The number of nitrogens with one attached hydrogen (secondary N) is 1. The molecule has 0 aliphatic carbocycles. The van der Waals surface area contributed by atoms with Crippen molar-refractivity contribution < 1.29 is 4.79 Å². The summed E-state index contributed by atoms with van der Waals surface area (Å²) >= 11 is 0. The van der Waals surface area contributed by atoms with Gasteiger partial charge in [-0.15, -0.1) is 0 Å². The van der Waals surface area contributed by atoms with E-state index >= 15 is 0 Å². The molecule has 0 radical (unpaired) electrons. The Kier molecular flexibility index (Phi) is 4.71. The topological polar surface area (TPSA) is 68.0 Å². The van der Waals surface area contributed by atoms with Gasteiger partial charge in [0.2, 0.25) is 5.91 Å². The summed E-state index contributed by atoms with van der Waals surface area (Å²) in [5, 5.41) is 2.85. The number of rotatable bonds is 5. The van der Waals surface area contributed by atoms with E-state index in [0.717, 1.165) is 6.42 Å². The molecule has 104 valence electrons. The summed E-state index contributed by atoms with van der Waals surface area (Å²) in [5.41, 5.74) is 7.38. The fraction of sp³-hybridized carbons (Fsp3) is 0.250. The van der Waals surface area contributed by atoms with Gasteiger partial charge in [-0.05, 0) is 30.0 Å². The number of anilines is 2. The summed E-state index contributed by atoms with van der Waals surface area (Å²) < 4.78 is 0. The predicted octanol–water partition coefficient (Wildman–Crippen LogP) is 3.19. The summed E-state index contributed by atoms with van der Waals surface area (Å²) in [6, 6.07) is 13.5. The molecule has 4 nitrogen and oxygen atoms in total. The van der Waals surface area contributed by atoms with E-state index in [1.165, 1.54) is 5.56 Å². The standard InChI is InChI=1S/C16H19N3O/c1-2-12(13-6-4-3-5-7-13)10-16(20)19-14-8-9-15(17)18-11-14/h3-9,11-12H,2,10H2,1H3,(H2,17,18)(H,19,20). The normalized spacial score (nSPS) is 11.8. The van der Waals surface area contributed by atoms with Crippen molar-refractivity contribution in [3.05, 3.63) is 54.2 Å². The fourth-order valence-electron chi connectivity index (χ4n) is 2.14. The quantitative estimate of drug-likeness (QED) is 0.876. The number of benzene rings is 1. The SMILES string of the molecule is CCC(CC(=O)Nc1ccc(N)nc1)c1ccccc1. The van der Waals surface area contributed by atoms with E-state index in [9.17, 15) is 4.79 Å². The Morgan fingerprint density at radius 1 is 1.25 bits per heavy atom. The number of nitrogens with two attached hydrogens (primary N) is 1. The Labute approximate surface area is 119 Å². The number of pyridine rings is 1. The Hall–Kier alpha value is -2.36. The van der Waals surface area contributed by atoms with Gasteiger partial charge in [-0.2, -0.15) is 0 Å². The van der Waals surface area contributed by atoms with Crippen molar-refractivity contribution in [3.63, 3.8) is 0 Å². The first-order valence-electron chi connectivity index (χ1n) is 6.75. The van der Waals surface area contributed by atoms with E-state index in [2.05, 4.69) is 29.4 Å². The number of amides is 1. The Bertz CT molecular complexity index is 552. The van der Waals surface area contributed by atoms with Crippen LogP contribution in [-0.2, 0) is 4.79 Å². The van der Waals surface area contributed by atoms with Gasteiger partial charge in [0.1, 0.15) is 5.82 Å². The third-order valence-electron chi connectivity index (χ3n) is 3.27. The van der Waals surface area contributed by atoms with Crippen molar-refractivity contribution in [2.24, 2.45) is 0 Å². The number of hydrogen-bond acceptors (Lipinski definition) is 3. The van der Waals surface area contributed by atoms with Gasteiger partial charge in [-0.3, -0.25) is 4.79 Å². The van der Waals surface area contributed by atoms with Gasteiger partial charge in [0.15, 0.2) is 0 Å². The molecular weight excluding hydrogens is 250 g/mol. The molecule has 0 fully saturated rings. The zero-order valence-electron chi connectivity index (χ0n) is 11.5. The molecule has 0 saturated heterocycles. The molecule has 0 spiro atoms. The van der Waals surface area contributed by atoms with Crippen LogP contribution in [0.5, 0.6) is 0 Å². The van der Waals surface area contributed by atoms with Crippen LogP contribution in [0.2, 0.25) is 0 Å². The third-order valence-corrected chi connectivity index (χ3v) is 3.27. The highest BCUT2D eigenvalue weighted by Gasteiger charge is 2.14. The van der Waals surface area contributed by atoms with Gasteiger partial charge >= 0.3 is 0 Å². The van der Waals surface area contributed by atoms with Crippen LogP contribution in [-0.4, -0.2) is 10.9 Å². The molecule has 1 amide bonds. The fourth-order valence-corrected chi connectivity index (χ4v) is 2.14. The largest absolute Gasteiger partial charge is 0.384 e. The van der Waals surface area contributed by atoms with Gasteiger partial charge in [0, 0.05) is 6.42 Å². The molecule has 4 heteroatoms. The predicted molar refractivity (Wildman–Crippen MR) is 81.4 cm³/mol. The molecule has 0 bridgehead atoms. The molecule has 0 saturated carbocycles. The van der Waals surface area contributed by atoms with Gasteiger partial charge in [-0.25, -0.2) is 4.98 Å². The molecule has 2 aromatic rings. The highest BCUT2D eigenvalue weighted by Crippen LogP contribution is 2.23. The summed E-state index contributed by atoms with van der Waals surface area (Å²) in [7, 11) is 0. The average molecular weight is 269 g/mol. The van der Waals surface area contributed by atoms with Crippen molar-refractivity contribution >= 4 is 17.4 Å². The lowest BCUT2D eigenvalue weighted by molar-refractivity contribution is -0.116. The zero-order chi connectivity index (χ0) is 14.4. The summed E-state index contributed by atoms with van der Waals surface area (Å²) in [6.45, 7) is 2.09. The molecule has 3 N–H and O–H groups in total. The summed E-state index contributed by atoms with van der Waals surface area (Å²) in [4.78, 5) is 16.0. The number of nitrogen functional groups attached to an aromatic ring is 1. The molecule has 1 atom stereocenters. The highest BCUT2D eigenvalue weighted by atomic mass is 16.1. The molecule has 1 aromatic heterocycles. The molecule has 1 unspecified atom stereocenters. The first-order chi connectivity index (χ1) is 9.69. The minimum Gasteiger partial charge on any atom is -0.384 e. The highest BCUT2D eigenvalue weighted by molar-refractivity contribution is 5.91. The van der Waals surface area contributed by atoms with Gasteiger partial charge in [-0.1, -0.05) is 37.3 Å². The second-order valence-electron chi connectivity index (χ2n) is 4.74. The van der Waals surface area contributed by atoms with Gasteiger partial charge < -0.3 is 11.1 Å². The Balaban J connectivity index is 1.97. The molecule has 2 rings (SSSR count).